The van der Waals surface area contributed by atoms with Gasteiger partial charge in [-0.2, -0.15) is 4.98 Å². The second-order valence-corrected chi connectivity index (χ2v) is 6.68. The minimum Gasteiger partial charge on any atom is -0.351 e. The fraction of sp³-hybridized carbons (Fsp3) is 0.238. The van der Waals surface area contributed by atoms with E-state index < -0.39 is 11.6 Å². The molecule has 1 aliphatic rings. The molecule has 1 saturated carbocycles. The van der Waals surface area contributed by atoms with Gasteiger partial charge in [-0.05, 0) is 25.0 Å². The largest absolute Gasteiger partial charge is 0.351 e. The predicted octanol–water partition coefficient (Wildman–Crippen LogP) is 5.52. The molecule has 0 spiro atoms. The molecule has 0 atom stereocenters. The number of para-hydroxylation sites is 1. The van der Waals surface area contributed by atoms with Crippen molar-refractivity contribution in [2.45, 2.75) is 31.7 Å². The number of rotatable bonds is 5. The Morgan fingerprint density at radius 2 is 1.56 bits per heavy atom. The maximum Gasteiger partial charge on any atom is 0.225 e. The molecule has 2 N–H and O–H groups in total. The van der Waals surface area contributed by atoms with Crippen LogP contribution in [0.5, 0.6) is 0 Å². The van der Waals surface area contributed by atoms with Crippen LogP contribution in [-0.4, -0.2) is 16.0 Å². The van der Waals surface area contributed by atoms with Crippen LogP contribution in [0.25, 0.3) is 11.3 Å². The van der Waals surface area contributed by atoms with Gasteiger partial charge in [0.1, 0.15) is 23.1 Å². The van der Waals surface area contributed by atoms with Crippen LogP contribution < -0.4 is 10.6 Å². The molecule has 138 valence electrons. The fourth-order valence-corrected chi connectivity index (χ4v) is 3.33. The number of anilines is 3. The third kappa shape index (κ3) is 4.05. The molecule has 2 aromatic carbocycles. The molecule has 6 heteroatoms. The monoisotopic (exact) mass is 366 g/mol. The first-order chi connectivity index (χ1) is 13.2. The highest BCUT2D eigenvalue weighted by atomic mass is 19.1. The Balaban J connectivity index is 1.71. The Morgan fingerprint density at radius 3 is 2.26 bits per heavy atom. The van der Waals surface area contributed by atoms with Crippen molar-refractivity contribution in [2.75, 3.05) is 10.6 Å². The molecular formula is C21H20F2N4. The number of hydrogen-bond donors (Lipinski definition) is 2. The SMILES string of the molecule is Fc1cccc(F)c1Nc1cc(-c2ccccc2)nc(NC2CCCC2)n1. The maximum absolute atomic E-state index is 14.0. The van der Waals surface area contributed by atoms with E-state index in [1.165, 1.54) is 31.0 Å². The molecule has 0 amide bonds. The molecule has 0 unspecified atom stereocenters. The number of aromatic nitrogens is 2. The summed E-state index contributed by atoms with van der Waals surface area (Å²) in [4.78, 5) is 9.04. The van der Waals surface area contributed by atoms with E-state index in [1.807, 2.05) is 30.3 Å². The molecule has 1 fully saturated rings. The zero-order chi connectivity index (χ0) is 18.6. The standard InChI is InChI=1S/C21H20F2N4/c22-16-11-6-12-17(23)20(16)26-19-13-18(14-7-2-1-3-8-14)25-21(27-19)24-15-9-4-5-10-15/h1-3,6-8,11-13,15H,4-5,9-10H2,(H2,24,25,26,27). The van der Waals surface area contributed by atoms with Crippen LogP contribution in [0.3, 0.4) is 0 Å². The van der Waals surface area contributed by atoms with Crippen LogP contribution in [0.1, 0.15) is 25.7 Å². The van der Waals surface area contributed by atoms with E-state index >= 15 is 0 Å². The summed E-state index contributed by atoms with van der Waals surface area (Å²) in [5, 5.41) is 6.13. The van der Waals surface area contributed by atoms with Crippen LogP contribution >= 0.6 is 0 Å². The normalized spacial score (nSPS) is 14.3. The van der Waals surface area contributed by atoms with Crippen molar-refractivity contribution in [3.05, 3.63) is 66.2 Å². The zero-order valence-corrected chi connectivity index (χ0v) is 14.8. The number of nitrogens with zero attached hydrogens (tertiary/aromatic N) is 2. The second kappa shape index (κ2) is 7.70. The Kier molecular flexibility index (Phi) is 4.96. The molecule has 0 radical (unpaired) electrons. The summed E-state index contributed by atoms with van der Waals surface area (Å²) < 4.78 is 28.1. The van der Waals surface area contributed by atoms with E-state index in [0.29, 0.717) is 23.5 Å². The minimum atomic E-state index is -0.667. The van der Waals surface area contributed by atoms with Gasteiger partial charge in [0.05, 0.1) is 5.69 Å². The second-order valence-electron chi connectivity index (χ2n) is 6.68. The molecule has 0 aliphatic heterocycles. The van der Waals surface area contributed by atoms with Gasteiger partial charge in [0.25, 0.3) is 0 Å². The third-order valence-electron chi connectivity index (χ3n) is 4.70. The van der Waals surface area contributed by atoms with E-state index in [2.05, 4.69) is 20.6 Å². The third-order valence-corrected chi connectivity index (χ3v) is 4.70. The van der Waals surface area contributed by atoms with E-state index in [4.69, 9.17) is 0 Å². The highest BCUT2D eigenvalue weighted by molar-refractivity contribution is 5.67. The molecule has 0 bridgehead atoms. The Bertz CT molecular complexity index is 904. The van der Waals surface area contributed by atoms with E-state index in [1.54, 1.807) is 6.07 Å². The average Bonchev–Trinajstić information content (AvgIpc) is 3.18. The first-order valence-electron chi connectivity index (χ1n) is 9.11. The Labute approximate surface area is 156 Å². The molecule has 1 aliphatic carbocycles. The lowest BCUT2D eigenvalue weighted by atomic mass is 10.1. The Hall–Kier alpha value is -3.02. The smallest absolute Gasteiger partial charge is 0.225 e. The summed E-state index contributed by atoms with van der Waals surface area (Å²) in [5.41, 5.74) is 1.37. The average molecular weight is 366 g/mol. The topological polar surface area (TPSA) is 49.8 Å². The summed E-state index contributed by atoms with van der Waals surface area (Å²) >= 11 is 0. The van der Waals surface area contributed by atoms with Gasteiger partial charge in [-0.15, -0.1) is 0 Å². The van der Waals surface area contributed by atoms with Crippen LogP contribution in [0.2, 0.25) is 0 Å². The van der Waals surface area contributed by atoms with Crippen molar-refractivity contribution in [3.63, 3.8) is 0 Å². The van der Waals surface area contributed by atoms with Crippen molar-refractivity contribution >= 4 is 17.5 Å². The fourth-order valence-electron chi connectivity index (χ4n) is 3.33. The lowest BCUT2D eigenvalue weighted by Crippen LogP contribution is -2.17. The number of nitrogens with one attached hydrogen (secondary N) is 2. The van der Waals surface area contributed by atoms with Gasteiger partial charge < -0.3 is 10.6 Å². The van der Waals surface area contributed by atoms with Crippen LogP contribution in [0, 0.1) is 11.6 Å². The van der Waals surface area contributed by atoms with Crippen molar-refractivity contribution < 1.29 is 8.78 Å². The molecule has 27 heavy (non-hydrogen) atoms. The Morgan fingerprint density at radius 1 is 0.852 bits per heavy atom. The summed E-state index contributed by atoms with van der Waals surface area (Å²) in [7, 11) is 0. The van der Waals surface area contributed by atoms with Crippen molar-refractivity contribution in [2.24, 2.45) is 0 Å². The molecule has 0 saturated heterocycles. The molecule has 4 nitrogen and oxygen atoms in total. The van der Waals surface area contributed by atoms with Crippen molar-refractivity contribution in [3.8, 4) is 11.3 Å². The molecule has 1 aromatic heterocycles. The van der Waals surface area contributed by atoms with Crippen molar-refractivity contribution in [1.82, 2.24) is 9.97 Å². The summed E-state index contributed by atoms with van der Waals surface area (Å²) in [5.74, 6) is -0.531. The number of benzene rings is 2. The molecule has 4 rings (SSSR count). The minimum absolute atomic E-state index is 0.220. The van der Waals surface area contributed by atoms with Gasteiger partial charge in [0.2, 0.25) is 5.95 Å². The highest BCUT2D eigenvalue weighted by Crippen LogP contribution is 2.28. The van der Waals surface area contributed by atoms with Gasteiger partial charge >= 0.3 is 0 Å². The first kappa shape index (κ1) is 17.4. The van der Waals surface area contributed by atoms with E-state index in [9.17, 15) is 8.78 Å². The highest BCUT2D eigenvalue weighted by Gasteiger charge is 2.17. The molecule has 1 heterocycles. The predicted molar refractivity (Wildman–Crippen MR) is 103 cm³/mol. The van der Waals surface area contributed by atoms with Gasteiger partial charge in [0.15, 0.2) is 0 Å². The van der Waals surface area contributed by atoms with Gasteiger partial charge in [-0.1, -0.05) is 49.2 Å². The van der Waals surface area contributed by atoms with Crippen LogP contribution in [-0.2, 0) is 0 Å². The summed E-state index contributed by atoms with van der Waals surface area (Å²) in [6, 6.07) is 15.4. The lowest BCUT2D eigenvalue weighted by molar-refractivity contribution is 0.590. The summed E-state index contributed by atoms with van der Waals surface area (Å²) in [6.45, 7) is 0. The van der Waals surface area contributed by atoms with Gasteiger partial charge in [-0.25, -0.2) is 13.8 Å². The lowest BCUT2D eigenvalue weighted by Gasteiger charge is -2.15. The summed E-state index contributed by atoms with van der Waals surface area (Å²) in [6.07, 6.45) is 4.51. The van der Waals surface area contributed by atoms with Crippen LogP contribution in [0.15, 0.2) is 54.6 Å². The first-order valence-corrected chi connectivity index (χ1v) is 9.11. The number of hydrogen-bond acceptors (Lipinski definition) is 4. The van der Waals surface area contributed by atoms with Crippen LogP contribution in [0.4, 0.5) is 26.2 Å². The van der Waals surface area contributed by atoms with Gasteiger partial charge in [-0.3, -0.25) is 0 Å². The molecular weight excluding hydrogens is 346 g/mol. The molecule has 3 aromatic rings. The van der Waals surface area contributed by atoms with E-state index in [0.717, 1.165) is 18.4 Å². The number of halogens is 2. The quantitative estimate of drug-likeness (QED) is 0.624. The maximum atomic E-state index is 14.0. The van der Waals surface area contributed by atoms with Crippen molar-refractivity contribution in [1.29, 1.82) is 0 Å². The van der Waals surface area contributed by atoms with E-state index in [-0.39, 0.29) is 5.69 Å². The van der Waals surface area contributed by atoms with Gasteiger partial charge in [0, 0.05) is 17.7 Å². The zero-order valence-electron chi connectivity index (χ0n) is 14.8.